The summed E-state index contributed by atoms with van der Waals surface area (Å²) in [5.41, 5.74) is 0. The number of benzene rings is 1. The molecule has 1 rings (SSSR count). The van der Waals surface area contributed by atoms with E-state index in [9.17, 15) is 0 Å². The number of rotatable bonds is 0. The van der Waals surface area contributed by atoms with E-state index in [1.807, 2.05) is 24.3 Å². The SMILES string of the molecule is Pc1cccc(Cl)c1. The molecule has 0 aromatic heterocycles. The Labute approximate surface area is 56.1 Å². The Morgan fingerprint density at radius 3 is 2.50 bits per heavy atom. The Bertz CT molecular complexity index is 168. The molecule has 0 spiro atoms. The molecule has 1 aromatic rings. The van der Waals surface area contributed by atoms with E-state index in [4.69, 9.17) is 11.6 Å². The molecule has 1 atom stereocenters. The van der Waals surface area contributed by atoms with Crippen LogP contribution in [-0.2, 0) is 0 Å². The predicted octanol–water partition coefficient (Wildman–Crippen LogP) is 1.84. The molecule has 0 nitrogen and oxygen atoms in total. The zero-order valence-corrected chi connectivity index (χ0v) is 6.18. The molecular weight excluding hydrogens is 138 g/mol. The summed E-state index contributed by atoms with van der Waals surface area (Å²) in [5.74, 6) is 0. The number of halogens is 1. The molecule has 0 saturated heterocycles. The summed E-state index contributed by atoms with van der Waals surface area (Å²) in [6.45, 7) is 0. The zero-order valence-electron chi connectivity index (χ0n) is 4.26. The van der Waals surface area contributed by atoms with Gasteiger partial charge in [0.05, 0.1) is 0 Å². The van der Waals surface area contributed by atoms with Crippen molar-refractivity contribution in [2.45, 2.75) is 0 Å². The molecule has 0 bridgehead atoms. The zero-order chi connectivity index (χ0) is 5.98. The molecule has 0 saturated carbocycles. The van der Waals surface area contributed by atoms with E-state index in [1.165, 1.54) is 0 Å². The van der Waals surface area contributed by atoms with Crippen molar-refractivity contribution < 1.29 is 0 Å². The van der Waals surface area contributed by atoms with E-state index < -0.39 is 0 Å². The van der Waals surface area contributed by atoms with Gasteiger partial charge in [-0.2, -0.15) is 0 Å². The molecule has 0 aliphatic carbocycles. The monoisotopic (exact) mass is 144 g/mol. The van der Waals surface area contributed by atoms with Gasteiger partial charge in [0.15, 0.2) is 0 Å². The summed E-state index contributed by atoms with van der Waals surface area (Å²) in [5, 5.41) is 1.91. The second kappa shape index (κ2) is 2.48. The van der Waals surface area contributed by atoms with Crippen LogP contribution < -0.4 is 5.30 Å². The molecule has 0 N–H and O–H groups in total. The highest BCUT2D eigenvalue weighted by Crippen LogP contribution is 2.04. The second-order valence-electron chi connectivity index (χ2n) is 1.56. The molecule has 8 heavy (non-hydrogen) atoms. The molecule has 42 valence electrons. The molecule has 1 unspecified atom stereocenters. The fraction of sp³-hybridized carbons (Fsp3) is 0. The Morgan fingerprint density at radius 2 is 2.12 bits per heavy atom. The first-order valence-electron chi connectivity index (χ1n) is 2.30. The van der Waals surface area contributed by atoms with Gasteiger partial charge < -0.3 is 0 Å². The highest BCUT2D eigenvalue weighted by Gasteiger charge is 1.83. The molecule has 0 fully saturated rings. The van der Waals surface area contributed by atoms with E-state index in [0.717, 1.165) is 10.3 Å². The topological polar surface area (TPSA) is 0 Å². The first-order valence-corrected chi connectivity index (χ1v) is 3.25. The van der Waals surface area contributed by atoms with Crippen LogP contribution in [0.15, 0.2) is 24.3 Å². The number of hydrogen-bond donors (Lipinski definition) is 0. The highest BCUT2D eigenvalue weighted by atomic mass is 35.5. The van der Waals surface area contributed by atoms with E-state index in [1.54, 1.807) is 0 Å². The molecule has 2 heteroatoms. The Hall–Kier alpha value is -0.0600. The molecular formula is C6H6ClP. The molecule has 0 radical (unpaired) electrons. The number of hydrogen-bond acceptors (Lipinski definition) is 0. The maximum Gasteiger partial charge on any atom is 0.0412 e. The largest absolute Gasteiger partial charge is 0.106 e. The summed E-state index contributed by atoms with van der Waals surface area (Å²) < 4.78 is 0. The Balaban J connectivity index is 3.08. The van der Waals surface area contributed by atoms with Gasteiger partial charge in [-0.1, -0.05) is 23.7 Å². The van der Waals surface area contributed by atoms with Crippen LogP contribution in [0.4, 0.5) is 0 Å². The summed E-state index contributed by atoms with van der Waals surface area (Å²) >= 11 is 5.63. The average molecular weight is 145 g/mol. The van der Waals surface area contributed by atoms with E-state index in [2.05, 4.69) is 9.24 Å². The van der Waals surface area contributed by atoms with Crippen LogP contribution in [0.25, 0.3) is 0 Å². The van der Waals surface area contributed by atoms with Gasteiger partial charge >= 0.3 is 0 Å². The van der Waals surface area contributed by atoms with Crippen molar-refractivity contribution in [2.75, 3.05) is 0 Å². The van der Waals surface area contributed by atoms with Crippen molar-refractivity contribution in [3.8, 4) is 0 Å². The minimum absolute atomic E-state index is 0.789. The van der Waals surface area contributed by atoms with Crippen molar-refractivity contribution in [2.24, 2.45) is 0 Å². The van der Waals surface area contributed by atoms with Gasteiger partial charge in [0.1, 0.15) is 0 Å². The predicted molar refractivity (Wildman–Crippen MR) is 40.8 cm³/mol. The van der Waals surface area contributed by atoms with Crippen molar-refractivity contribution >= 4 is 26.1 Å². The van der Waals surface area contributed by atoms with Crippen molar-refractivity contribution in [1.82, 2.24) is 0 Å². The van der Waals surface area contributed by atoms with Gasteiger partial charge in [-0.05, 0) is 17.4 Å². The van der Waals surface area contributed by atoms with Gasteiger partial charge in [0, 0.05) is 5.02 Å². The molecule has 1 aromatic carbocycles. The minimum Gasteiger partial charge on any atom is -0.106 e. The lowest BCUT2D eigenvalue weighted by atomic mass is 10.4. The van der Waals surface area contributed by atoms with Crippen LogP contribution in [0.2, 0.25) is 5.02 Å². The standard InChI is InChI=1S/C6H6ClP/c7-5-2-1-3-6(8)4-5/h1-4H,8H2. The molecule has 0 heterocycles. The van der Waals surface area contributed by atoms with Crippen LogP contribution in [0.1, 0.15) is 0 Å². The van der Waals surface area contributed by atoms with Gasteiger partial charge in [-0.25, -0.2) is 0 Å². The van der Waals surface area contributed by atoms with Crippen molar-refractivity contribution in [1.29, 1.82) is 0 Å². The Kier molecular flexibility index (Phi) is 1.88. The second-order valence-corrected chi connectivity index (χ2v) is 2.66. The third-order valence-electron chi connectivity index (χ3n) is 0.849. The maximum absolute atomic E-state index is 5.63. The summed E-state index contributed by atoms with van der Waals surface area (Å²) in [7, 11) is 2.58. The minimum atomic E-state index is 0.789. The van der Waals surface area contributed by atoms with E-state index in [0.29, 0.717) is 0 Å². The van der Waals surface area contributed by atoms with Gasteiger partial charge in [0.2, 0.25) is 0 Å². The van der Waals surface area contributed by atoms with Crippen LogP contribution >= 0.6 is 20.8 Å². The lowest BCUT2D eigenvalue weighted by Crippen LogP contribution is -1.84. The molecule has 0 aliphatic rings. The van der Waals surface area contributed by atoms with Crippen LogP contribution in [0.3, 0.4) is 0 Å². The van der Waals surface area contributed by atoms with Crippen LogP contribution in [0.5, 0.6) is 0 Å². The van der Waals surface area contributed by atoms with Crippen molar-refractivity contribution in [3.63, 3.8) is 0 Å². The van der Waals surface area contributed by atoms with Gasteiger partial charge in [-0.15, -0.1) is 9.24 Å². The smallest absolute Gasteiger partial charge is 0.0412 e. The third kappa shape index (κ3) is 1.47. The molecule has 0 amide bonds. The summed E-state index contributed by atoms with van der Waals surface area (Å²) in [4.78, 5) is 0. The average Bonchev–Trinajstić information content (AvgIpc) is 1.64. The maximum atomic E-state index is 5.63. The summed E-state index contributed by atoms with van der Waals surface area (Å²) in [6, 6.07) is 7.66. The normalized spacial score (nSPS) is 9.25. The lowest BCUT2D eigenvalue weighted by Gasteiger charge is -1.88. The van der Waals surface area contributed by atoms with Gasteiger partial charge in [-0.3, -0.25) is 0 Å². The fourth-order valence-electron chi connectivity index (χ4n) is 0.507. The van der Waals surface area contributed by atoms with Gasteiger partial charge in [0.25, 0.3) is 0 Å². The van der Waals surface area contributed by atoms with Crippen LogP contribution in [0, 0.1) is 0 Å². The lowest BCUT2D eigenvalue weighted by molar-refractivity contribution is 1.77. The Morgan fingerprint density at radius 1 is 1.38 bits per heavy atom. The van der Waals surface area contributed by atoms with Crippen LogP contribution in [-0.4, -0.2) is 0 Å². The van der Waals surface area contributed by atoms with E-state index in [-0.39, 0.29) is 0 Å². The van der Waals surface area contributed by atoms with Crippen molar-refractivity contribution in [3.05, 3.63) is 29.3 Å². The highest BCUT2D eigenvalue weighted by molar-refractivity contribution is 7.27. The molecule has 0 aliphatic heterocycles. The van der Waals surface area contributed by atoms with E-state index >= 15 is 0 Å². The summed E-state index contributed by atoms with van der Waals surface area (Å²) in [6.07, 6.45) is 0. The third-order valence-corrected chi connectivity index (χ3v) is 1.44. The first kappa shape index (κ1) is 6.07. The quantitative estimate of drug-likeness (QED) is 0.488. The first-order chi connectivity index (χ1) is 3.79. The fourth-order valence-corrected chi connectivity index (χ4v) is 1.10.